The molecule has 0 saturated heterocycles. The molecule has 0 aliphatic rings. The van der Waals surface area contributed by atoms with Gasteiger partial charge in [0, 0.05) is 6.54 Å². The highest BCUT2D eigenvalue weighted by molar-refractivity contribution is 5.81. The Bertz CT molecular complexity index is 549. The molecule has 7 nitrogen and oxygen atoms in total. The molecule has 0 saturated carbocycles. The third-order valence-electron chi connectivity index (χ3n) is 2.39. The summed E-state index contributed by atoms with van der Waals surface area (Å²) in [6.07, 6.45) is 4.50. The molecule has 0 amide bonds. The number of aliphatic hydroxyl groups is 2. The quantitative estimate of drug-likeness (QED) is 0.605. The maximum absolute atomic E-state index is 9.11. The molecule has 0 aliphatic carbocycles. The number of aromatic nitrogens is 4. The standard InChI is InChI=1S/C10H13N5O2/c11-9-8-10(13-5-12-9)15(6-14-8)3-7(4-17)1-2-16/h1,5-6,16-17H,2-4H2,(H2,11,12,13)/b7-1-. The molecule has 0 radical (unpaired) electrons. The van der Waals surface area contributed by atoms with Crippen molar-refractivity contribution in [2.45, 2.75) is 6.54 Å². The van der Waals surface area contributed by atoms with Gasteiger partial charge < -0.3 is 20.5 Å². The fourth-order valence-electron chi connectivity index (χ4n) is 1.54. The van der Waals surface area contributed by atoms with Gasteiger partial charge in [-0.15, -0.1) is 0 Å². The van der Waals surface area contributed by atoms with E-state index in [-0.39, 0.29) is 13.2 Å². The van der Waals surface area contributed by atoms with E-state index >= 15 is 0 Å². The lowest BCUT2D eigenvalue weighted by atomic mass is 10.2. The number of rotatable bonds is 4. The van der Waals surface area contributed by atoms with E-state index in [1.807, 2.05) is 0 Å². The largest absolute Gasteiger partial charge is 0.392 e. The van der Waals surface area contributed by atoms with E-state index < -0.39 is 0 Å². The van der Waals surface area contributed by atoms with Crippen molar-refractivity contribution in [1.29, 1.82) is 0 Å². The normalized spacial score (nSPS) is 12.2. The maximum Gasteiger partial charge on any atom is 0.165 e. The summed E-state index contributed by atoms with van der Waals surface area (Å²) >= 11 is 0. The predicted molar refractivity (Wildman–Crippen MR) is 62.0 cm³/mol. The Labute approximate surface area is 97.3 Å². The van der Waals surface area contributed by atoms with Crippen molar-refractivity contribution >= 4 is 17.0 Å². The highest BCUT2D eigenvalue weighted by Crippen LogP contribution is 2.15. The number of fused-ring (bicyclic) bond motifs is 1. The van der Waals surface area contributed by atoms with E-state index in [0.29, 0.717) is 29.1 Å². The molecule has 0 spiro atoms. The summed E-state index contributed by atoms with van der Waals surface area (Å²) in [5.74, 6) is 0.324. The molecular weight excluding hydrogens is 222 g/mol. The van der Waals surface area contributed by atoms with Gasteiger partial charge in [-0.1, -0.05) is 6.08 Å². The number of nitrogen functional groups attached to an aromatic ring is 1. The van der Waals surface area contributed by atoms with Crippen LogP contribution in [0.1, 0.15) is 0 Å². The third kappa shape index (κ3) is 2.24. The zero-order chi connectivity index (χ0) is 12.3. The van der Waals surface area contributed by atoms with Gasteiger partial charge in [-0.05, 0) is 5.57 Å². The fraction of sp³-hybridized carbons (Fsp3) is 0.300. The SMILES string of the molecule is Nc1ncnc2c1ncn2C/C(=C/CO)CO. The first kappa shape index (κ1) is 11.5. The van der Waals surface area contributed by atoms with Crippen LogP contribution in [0.4, 0.5) is 5.82 Å². The molecule has 0 fully saturated rings. The molecule has 2 aromatic rings. The van der Waals surface area contributed by atoms with Crippen LogP contribution in [0, 0.1) is 0 Å². The molecule has 7 heteroatoms. The first-order valence-corrected chi connectivity index (χ1v) is 5.07. The Kier molecular flexibility index (Phi) is 3.31. The van der Waals surface area contributed by atoms with Crippen LogP contribution in [0.2, 0.25) is 0 Å². The minimum Gasteiger partial charge on any atom is -0.392 e. The molecule has 0 aliphatic heterocycles. The Morgan fingerprint density at radius 2 is 2.18 bits per heavy atom. The van der Waals surface area contributed by atoms with Crippen LogP contribution in [-0.4, -0.2) is 42.9 Å². The minimum absolute atomic E-state index is 0.111. The van der Waals surface area contributed by atoms with Gasteiger partial charge in [-0.3, -0.25) is 0 Å². The van der Waals surface area contributed by atoms with E-state index in [9.17, 15) is 0 Å². The van der Waals surface area contributed by atoms with Gasteiger partial charge in [0.15, 0.2) is 11.5 Å². The Morgan fingerprint density at radius 1 is 1.35 bits per heavy atom. The van der Waals surface area contributed by atoms with Crippen molar-refractivity contribution < 1.29 is 10.2 Å². The van der Waals surface area contributed by atoms with Gasteiger partial charge in [0.1, 0.15) is 11.8 Å². The number of imidazole rings is 1. The van der Waals surface area contributed by atoms with Crippen LogP contribution in [-0.2, 0) is 6.54 Å². The number of hydrogen-bond acceptors (Lipinski definition) is 6. The summed E-state index contributed by atoms with van der Waals surface area (Å²) in [4.78, 5) is 12.0. The number of hydrogen-bond donors (Lipinski definition) is 3. The van der Waals surface area contributed by atoms with Crippen molar-refractivity contribution in [3.8, 4) is 0 Å². The van der Waals surface area contributed by atoms with Crippen LogP contribution in [0.15, 0.2) is 24.3 Å². The van der Waals surface area contributed by atoms with E-state index in [1.165, 1.54) is 6.33 Å². The summed E-state index contributed by atoms with van der Waals surface area (Å²) in [5.41, 5.74) is 7.49. The molecule has 17 heavy (non-hydrogen) atoms. The molecule has 0 bridgehead atoms. The highest BCUT2D eigenvalue weighted by atomic mass is 16.3. The van der Waals surface area contributed by atoms with Crippen LogP contribution >= 0.6 is 0 Å². The third-order valence-corrected chi connectivity index (χ3v) is 2.39. The molecule has 2 heterocycles. The first-order chi connectivity index (χ1) is 8.26. The smallest absolute Gasteiger partial charge is 0.165 e. The van der Waals surface area contributed by atoms with Gasteiger partial charge in [0.05, 0.1) is 19.5 Å². The van der Waals surface area contributed by atoms with Crippen LogP contribution < -0.4 is 5.73 Å². The molecule has 90 valence electrons. The summed E-state index contributed by atoms with van der Waals surface area (Å²) in [5, 5.41) is 17.9. The van der Waals surface area contributed by atoms with Gasteiger partial charge in [-0.2, -0.15) is 0 Å². The fourth-order valence-corrected chi connectivity index (χ4v) is 1.54. The maximum atomic E-state index is 9.11. The van der Waals surface area contributed by atoms with E-state index in [0.717, 1.165) is 0 Å². The minimum atomic E-state index is -0.124. The molecular formula is C10H13N5O2. The van der Waals surface area contributed by atoms with Crippen molar-refractivity contribution in [3.63, 3.8) is 0 Å². The highest BCUT2D eigenvalue weighted by Gasteiger charge is 2.08. The molecule has 2 aromatic heterocycles. The van der Waals surface area contributed by atoms with E-state index in [2.05, 4.69) is 15.0 Å². The summed E-state index contributed by atoms with van der Waals surface area (Å²) < 4.78 is 1.74. The van der Waals surface area contributed by atoms with Crippen molar-refractivity contribution in [3.05, 3.63) is 24.3 Å². The van der Waals surface area contributed by atoms with Gasteiger partial charge in [0.25, 0.3) is 0 Å². The summed E-state index contributed by atoms with van der Waals surface area (Å²) in [6.45, 7) is 0.171. The number of nitrogens with two attached hydrogens (primary N) is 1. The van der Waals surface area contributed by atoms with Crippen LogP contribution in [0.3, 0.4) is 0 Å². The van der Waals surface area contributed by atoms with Gasteiger partial charge in [-0.25, -0.2) is 15.0 Å². The predicted octanol–water partition coefficient (Wildman–Crippen LogP) is -0.681. The lowest BCUT2D eigenvalue weighted by Crippen LogP contribution is -2.05. The second-order valence-electron chi connectivity index (χ2n) is 3.51. The summed E-state index contributed by atoms with van der Waals surface area (Å²) in [6, 6.07) is 0. The van der Waals surface area contributed by atoms with Crippen molar-refractivity contribution in [2.24, 2.45) is 0 Å². The Hall–Kier alpha value is -1.99. The summed E-state index contributed by atoms with van der Waals surface area (Å²) in [7, 11) is 0. The van der Waals surface area contributed by atoms with Crippen LogP contribution in [0.5, 0.6) is 0 Å². The van der Waals surface area contributed by atoms with Gasteiger partial charge in [0.2, 0.25) is 0 Å². The lowest BCUT2D eigenvalue weighted by Gasteiger charge is -2.05. The topological polar surface area (TPSA) is 110 Å². The monoisotopic (exact) mass is 235 g/mol. The molecule has 0 atom stereocenters. The molecule has 2 rings (SSSR count). The first-order valence-electron chi connectivity index (χ1n) is 5.07. The van der Waals surface area contributed by atoms with E-state index in [4.69, 9.17) is 15.9 Å². The van der Waals surface area contributed by atoms with Gasteiger partial charge >= 0.3 is 0 Å². The number of nitrogens with zero attached hydrogens (tertiary/aromatic N) is 4. The molecule has 0 unspecified atom stereocenters. The van der Waals surface area contributed by atoms with Crippen molar-refractivity contribution in [2.75, 3.05) is 18.9 Å². The Morgan fingerprint density at radius 3 is 2.88 bits per heavy atom. The van der Waals surface area contributed by atoms with Crippen LogP contribution in [0.25, 0.3) is 11.2 Å². The molecule has 0 aromatic carbocycles. The second-order valence-corrected chi connectivity index (χ2v) is 3.51. The Balaban J connectivity index is 2.37. The van der Waals surface area contributed by atoms with Crippen molar-refractivity contribution in [1.82, 2.24) is 19.5 Å². The average molecular weight is 235 g/mol. The zero-order valence-corrected chi connectivity index (χ0v) is 9.11. The lowest BCUT2D eigenvalue weighted by molar-refractivity contribution is 0.313. The zero-order valence-electron chi connectivity index (χ0n) is 9.11. The number of aliphatic hydroxyl groups excluding tert-OH is 2. The molecule has 4 N–H and O–H groups in total. The van der Waals surface area contributed by atoms with E-state index in [1.54, 1.807) is 17.0 Å². The second kappa shape index (κ2) is 4.89. The number of anilines is 1. The average Bonchev–Trinajstić information content (AvgIpc) is 2.73.